The molecule has 0 radical (unpaired) electrons. The van der Waals surface area contributed by atoms with Crippen LogP contribution in [0.2, 0.25) is 0 Å². The average Bonchev–Trinajstić information content (AvgIpc) is 1.97. The third-order valence-electron chi connectivity index (χ3n) is 1.22. The van der Waals surface area contributed by atoms with E-state index < -0.39 is 0 Å². The Morgan fingerprint density at radius 2 is 1.18 bits per heavy atom. The van der Waals surface area contributed by atoms with Gasteiger partial charge in [-0.2, -0.15) is 0 Å². The minimum atomic E-state index is 1.33. The Labute approximate surface area is 69.6 Å². The maximum atomic E-state index is 3.36. The van der Waals surface area contributed by atoms with Crippen molar-refractivity contribution in [3.8, 4) is 0 Å². The molecule has 1 aromatic rings. The van der Waals surface area contributed by atoms with Gasteiger partial charge in [0.05, 0.1) is 0 Å². The van der Waals surface area contributed by atoms with Crippen LogP contribution in [0.1, 0.15) is 18.1 Å². The summed E-state index contributed by atoms with van der Waals surface area (Å²) in [6.07, 6.45) is 1.75. The van der Waals surface area contributed by atoms with Crippen molar-refractivity contribution in [2.45, 2.75) is 20.8 Å². The third-order valence-corrected chi connectivity index (χ3v) is 1.22. The zero-order valence-corrected chi connectivity index (χ0v) is 7.59. The summed E-state index contributed by atoms with van der Waals surface area (Å²) in [6, 6.07) is 8.48. The second kappa shape index (κ2) is 5.72. The molecule has 0 atom stereocenters. The van der Waals surface area contributed by atoms with E-state index in [1.54, 1.807) is 6.08 Å². The van der Waals surface area contributed by atoms with E-state index >= 15 is 0 Å². The van der Waals surface area contributed by atoms with Crippen molar-refractivity contribution < 1.29 is 0 Å². The van der Waals surface area contributed by atoms with Crippen LogP contribution in [0.4, 0.5) is 0 Å². The molecule has 0 aliphatic rings. The predicted molar refractivity (Wildman–Crippen MR) is 51.8 cm³/mol. The molecule has 0 nitrogen and oxygen atoms in total. The lowest BCUT2D eigenvalue weighted by Crippen LogP contribution is -1.70. The summed E-state index contributed by atoms with van der Waals surface area (Å²) in [4.78, 5) is 0. The van der Waals surface area contributed by atoms with E-state index in [1.165, 1.54) is 11.1 Å². The maximum absolute atomic E-state index is 3.36. The molecule has 0 aliphatic carbocycles. The van der Waals surface area contributed by atoms with Gasteiger partial charge in [0.25, 0.3) is 0 Å². The molecule has 1 rings (SSSR count). The van der Waals surface area contributed by atoms with Crippen LogP contribution in [-0.4, -0.2) is 0 Å². The van der Waals surface area contributed by atoms with Gasteiger partial charge in [0.2, 0.25) is 0 Å². The molecule has 0 amide bonds. The zero-order valence-electron chi connectivity index (χ0n) is 7.59. The summed E-state index contributed by atoms with van der Waals surface area (Å²) in [5.74, 6) is 0. The summed E-state index contributed by atoms with van der Waals surface area (Å²) in [5, 5.41) is 0. The Balaban J connectivity index is 0.000000292. The summed E-state index contributed by atoms with van der Waals surface area (Å²) >= 11 is 0. The highest BCUT2D eigenvalue weighted by molar-refractivity contribution is 5.19. The second-order valence-electron chi connectivity index (χ2n) is 2.56. The van der Waals surface area contributed by atoms with Crippen molar-refractivity contribution in [1.82, 2.24) is 0 Å². The second-order valence-corrected chi connectivity index (χ2v) is 2.56. The lowest BCUT2D eigenvalue weighted by atomic mass is 10.2. The van der Waals surface area contributed by atoms with Gasteiger partial charge in [0, 0.05) is 0 Å². The highest BCUT2D eigenvalue weighted by Gasteiger charge is 1.79. The first-order chi connectivity index (χ1) is 5.20. The van der Waals surface area contributed by atoms with Crippen LogP contribution in [-0.2, 0) is 0 Å². The molecule has 1 aromatic carbocycles. The topological polar surface area (TPSA) is 0 Å². The van der Waals surface area contributed by atoms with Crippen LogP contribution < -0.4 is 0 Å². The van der Waals surface area contributed by atoms with Crippen LogP contribution in [0.5, 0.6) is 0 Å². The maximum Gasteiger partial charge on any atom is -0.0398 e. The molecule has 0 bridgehead atoms. The van der Waals surface area contributed by atoms with E-state index in [0.717, 1.165) is 0 Å². The van der Waals surface area contributed by atoms with E-state index in [2.05, 4.69) is 44.7 Å². The van der Waals surface area contributed by atoms with Crippen molar-refractivity contribution in [3.05, 3.63) is 48.0 Å². The molecule has 0 spiro atoms. The Hall–Kier alpha value is -1.04. The fourth-order valence-corrected chi connectivity index (χ4v) is 0.637. The summed E-state index contributed by atoms with van der Waals surface area (Å²) in [7, 11) is 0. The van der Waals surface area contributed by atoms with Crippen LogP contribution in [0.3, 0.4) is 0 Å². The Morgan fingerprint density at radius 3 is 1.36 bits per heavy atom. The van der Waals surface area contributed by atoms with Gasteiger partial charge in [0.15, 0.2) is 0 Å². The van der Waals surface area contributed by atoms with Crippen molar-refractivity contribution >= 4 is 0 Å². The summed E-state index contributed by atoms with van der Waals surface area (Å²) < 4.78 is 0. The van der Waals surface area contributed by atoms with Gasteiger partial charge in [-0.3, -0.25) is 0 Å². The number of rotatable bonds is 0. The lowest BCUT2D eigenvalue weighted by molar-refractivity contribution is 1.40. The highest BCUT2D eigenvalue weighted by Crippen LogP contribution is 1.99. The van der Waals surface area contributed by atoms with E-state index in [1.807, 2.05) is 6.92 Å². The first kappa shape index (κ1) is 9.96. The van der Waals surface area contributed by atoms with Crippen molar-refractivity contribution in [2.75, 3.05) is 0 Å². The standard InChI is InChI=1S/C8H10.C3H6/c1-7-3-5-8(2)6-4-7;1-3-2/h3-6H,1-2H3;3H,1H2,2H3. The Kier molecular flexibility index (Phi) is 5.18. The summed E-state index contributed by atoms with van der Waals surface area (Å²) in [6.45, 7) is 9.44. The molecule has 0 fully saturated rings. The largest absolute Gasteiger partial charge is 0.103 e. The molecule has 0 unspecified atom stereocenters. The summed E-state index contributed by atoms with van der Waals surface area (Å²) in [5.41, 5.74) is 2.66. The molecule has 0 saturated carbocycles. The lowest BCUT2D eigenvalue weighted by Gasteiger charge is -1.90. The average molecular weight is 148 g/mol. The Bertz CT molecular complexity index is 173. The molecule has 0 aliphatic heterocycles. The molecule has 0 saturated heterocycles. The molecule has 11 heavy (non-hydrogen) atoms. The molecule has 0 N–H and O–H groups in total. The van der Waals surface area contributed by atoms with Gasteiger partial charge in [-0.05, 0) is 20.8 Å². The SMILES string of the molecule is C=CC.Cc1ccc(C)cc1. The van der Waals surface area contributed by atoms with Gasteiger partial charge in [-0.25, -0.2) is 0 Å². The Morgan fingerprint density at radius 1 is 1.00 bits per heavy atom. The first-order valence-electron chi connectivity index (χ1n) is 3.81. The number of aryl methyl sites for hydroxylation is 2. The van der Waals surface area contributed by atoms with E-state index in [9.17, 15) is 0 Å². The molecule has 0 heteroatoms. The minimum Gasteiger partial charge on any atom is -0.103 e. The van der Waals surface area contributed by atoms with Gasteiger partial charge < -0.3 is 0 Å². The van der Waals surface area contributed by atoms with Crippen LogP contribution in [0.15, 0.2) is 36.9 Å². The number of allylic oxidation sites excluding steroid dienone is 1. The smallest absolute Gasteiger partial charge is 0.0398 e. The quantitative estimate of drug-likeness (QED) is 0.494. The zero-order chi connectivity index (χ0) is 8.69. The van der Waals surface area contributed by atoms with E-state index in [-0.39, 0.29) is 0 Å². The molecular weight excluding hydrogens is 132 g/mol. The first-order valence-corrected chi connectivity index (χ1v) is 3.81. The minimum absolute atomic E-state index is 1.33. The van der Waals surface area contributed by atoms with Crippen molar-refractivity contribution in [3.63, 3.8) is 0 Å². The monoisotopic (exact) mass is 148 g/mol. The molecule has 0 aromatic heterocycles. The van der Waals surface area contributed by atoms with Crippen LogP contribution in [0, 0.1) is 13.8 Å². The van der Waals surface area contributed by atoms with Gasteiger partial charge >= 0.3 is 0 Å². The fourth-order valence-electron chi connectivity index (χ4n) is 0.637. The van der Waals surface area contributed by atoms with Crippen molar-refractivity contribution in [1.29, 1.82) is 0 Å². The molecule has 60 valence electrons. The number of benzene rings is 1. The predicted octanol–water partition coefficient (Wildman–Crippen LogP) is 3.50. The van der Waals surface area contributed by atoms with Crippen molar-refractivity contribution in [2.24, 2.45) is 0 Å². The van der Waals surface area contributed by atoms with Gasteiger partial charge in [-0.1, -0.05) is 41.5 Å². The number of hydrogen-bond acceptors (Lipinski definition) is 0. The highest BCUT2D eigenvalue weighted by atomic mass is 13.9. The third kappa shape index (κ3) is 5.41. The fraction of sp³-hybridized carbons (Fsp3) is 0.273. The molecule has 0 heterocycles. The van der Waals surface area contributed by atoms with Gasteiger partial charge in [0.1, 0.15) is 0 Å². The number of hydrogen-bond donors (Lipinski definition) is 0. The normalized spacial score (nSPS) is 7.91. The van der Waals surface area contributed by atoms with Crippen LogP contribution in [0.25, 0.3) is 0 Å². The van der Waals surface area contributed by atoms with Crippen LogP contribution >= 0.6 is 0 Å². The van der Waals surface area contributed by atoms with Gasteiger partial charge in [-0.15, -0.1) is 6.58 Å². The van der Waals surface area contributed by atoms with E-state index in [4.69, 9.17) is 0 Å². The van der Waals surface area contributed by atoms with E-state index in [0.29, 0.717) is 0 Å². The molecular formula is C11H16.